The highest BCUT2D eigenvalue weighted by Gasteiger charge is 2.22. The van der Waals surface area contributed by atoms with Gasteiger partial charge in [-0.1, -0.05) is 12.1 Å². The van der Waals surface area contributed by atoms with Gasteiger partial charge in [0.05, 0.1) is 12.6 Å². The number of hydrazone groups is 1. The van der Waals surface area contributed by atoms with Crippen LogP contribution in [0.15, 0.2) is 47.6 Å². The number of aliphatic carboxylic acids is 1. The van der Waals surface area contributed by atoms with E-state index in [0.29, 0.717) is 23.4 Å². The second kappa shape index (κ2) is 9.03. The number of ether oxygens (including phenoxy) is 1. The second-order valence-corrected chi connectivity index (χ2v) is 6.54. The fourth-order valence-corrected chi connectivity index (χ4v) is 3.00. The zero-order valence-electron chi connectivity index (χ0n) is 15.6. The van der Waals surface area contributed by atoms with Crippen LogP contribution in [0.25, 0.3) is 0 Å². The Morgan fingerprint density at radius 2 is 2.04 bits per heavy atom. The molecule has 0 saturated carbocycles. The van der Waals surface area contributed by atoms with Gasteiger partial charge in [-0.15, -0.1) is 0 Å². The Bertz CT molecular complexity index is 878. The molecule has 0 radical (unpaired) electrons. The number of amides is 1. The summed E-state index contributed by atoms with van der Waals surface area (Å²) in [5.74, 6) is -0.383. The molecule has 1 unspecified atom stereocenters. The number of nitrogens with zero attached hydrogens (tertiary/aromatic N) is 1. The van der Waals surface area contributed by atoms with Gasteiger partial charge in [0.1, 0.15) is 11.9 Å². The van der Waals surface area contributed by atoms with E-state index in [1.165, 1.54) is 0 Å². The maximum absolute atomic E-state index is 12.5. The normalized spacial score (nSPS) is 15.5. The van der Waals surface area contributed by atoms with Crippen LogP contribution in [0.1, 0.15) is 41.3 Å². The molecule has 2 aromatic carbocycles. The summed E-state index contributed by atoms with van der Waals surface area (Å²) in [5.41, 5.74) is 5.96. The minimum Gasteiger partial charge on any atom is -0.490 e. The molecule has 28 heavy (non-hydrogen) atoms. The first-order chi connectivity index (χ1) is 13.5. The summed E-state index contributed by atoms with van der Waals surface area (Å²) in [5, 5.41) is 15.8. The number of nitrogens with one attached hydrogen (secondary N) is 2. The zero-order valence-corrected chi connectivity index (χ0v) is 15.6. The number of hydrogen-bond acceptors (Lipinski definition) is 5. The Labute approximate surface area is 163 Å². The van der Waals surface area contributed by atoms with Crippen LogP contribution < -0.4 is 15.5 Å². The number of carboxylic acid groups (broad SMARTS) is 1. The van der Waals surface area contributed by atoms with Crippen molar-refractivity contribution in [1.82, 2.24) is 5.43 Å². The molecule has 0 spiro atoms. The minimum atomic E-state index is -0.865. The van der Waals surface area contributed by atoms with Crippen LogP contribution in [0.3, 0.4) is 0 Å². The zero-order chi connectivity index (χ0) is 19.9. The molecule has 3 rings (SSSR count). The second-order valence-electron chi connectivity index (χ2n) is 6.54. The molecule has 7 nitrogen and oxygen atoms in total. The van der Waals surface area contributed by atoms with Gasteiger partial charge in [0, 0.05) is 17.8 Å². The molecule has 2 aromatic rings. The molecule has 3 N–H and O–H groups in total. The molecule has 1 heterocycles. The number of rotatable bonds is 7. The van der Waals surface area contributed by atoms with E-state index in [-0.39, 0.29) is 18.4 Å². The third kappa shape index (κ3) is 5.09. The lowest BCUT2D eigenvalue weighted by Crippen LogP contribution is -2.25. The number of anilines is 1. The van der Waals surface area contributed by atoms with Gasteiger partial charge in [0.15, 0.2) is 0 Å². The summed E-state index contributed by atoms with van der Waals surface area (Å²) in [6.45, 7) is 2.72. The average molecular weight is 381 g/mol. The van der Waals surface area contributed by atoms with Gasteiger partial charge >= 0.3 is 5.97 Å². The molecule has 7 heteroatoms. The number of benzene rings is 2. The summed E-state index contributed by atoms with van der Waals surface area (Å²) in [6, 6.07) is 12.6. The monoisotopic (exact) mass is 381 g/mol. The van der Waals surface area contributed by atoms with E-state index in [4.69, 9.17) is 9.84 Å². The van der Waals surface area contributed by atoms with Gasteiger partial charge in [0.2, 0.25) is 0 Å². The lowest BCUT2D eigenvalue weighted by atomic mass is 10.00. The van der Waals surface area contributed by atoms with Crippen molar-refractivity contribution < 1.29 is 19.4 Å². The van der Waals surface area contributed by atoms with Crippen molar-refractivity contribution in [1.29, 1.82) is 0 Å². The summed E-state index contributed by atoms with van der Waals surface area (Å²) < 4.78 is 5.73. The van der Waals surface area contributed by atoms with Crippen molar-refractivity contribution in [3.05, 3.63) is 59.2 Å². The highest BCUT2D eigenvalue weighted by molar-refractivity contribution is 6.04. The van der Waals surface area contributed by atoms with Crippen molar-refractivity contribution in [2.24, 2.45) is 5.10 Å². The van der Waals surface area contributed by atoms with Gasteiger partial charge < -0.3 is 20.6 Å². The van der Waals surface area contributed by atoms with Gasteiger partial charge in [-0.05, 0) is 61.2 Å². The number of carbonyl (C=O) groups is 2. The van der Waals surface area contributed by atoms with Crippen molar-refractivity contribution in [3.8, 4) is 5.75 Å². The minimum absolute atomic E-state index is 0.00681. The van der Waals surface area contributed by atoms with Crippen molar-refractivity contribution in [3.63, 3.8) is 0 Å². The van der Waals surface area contributed by atoms with E-state index in [2.05, 4.69) is 15.8 Å². The molecule has 1 aliphatic heterocycles. The number of carbonyl (C=O) groups excluding carboxylic acids is 1. The topological polar surface area (TPSA) is 100 Å². The van der Waals surface area contributed by atoms with Crippen LogP contribution in [-0.2, 0) is 11.2 Å². The summed E-state index contributed by atoms with van der Waals surface area (Å²) in [6.07, 6.45) is 2.75. The third-order valence-corrected chi connectivity index (χ3v) is 4.39. The fourth-order valence-electron chi connectivity index (χ4n) is 3.00. The molecule has 1 aliphatic rings. The van der Waals surface area contributed by atoms with Crippen molar-refractivity contribution in [2.45, 2.75) is 32.3 Å². The van der Waals surface area contributed by atoms with Gasteiger partial charge in [-0.25, -0.2) is 0 Å². The van der Waals surface area contributed by atoms with Gasteiger partial charge in [-0.2, -0.15) is 5.10 Å². The fraction of sp³-hybridized carbons (Fsp3) is 0.286. The predicted octanol–water partition coefficient (Wildman–Crippen LogP) is 3.05. The molecule has 0 fully saturated rings. The van der Waals surface area contributed by atoms with E-state index in [9.17, 15) is 9.59 Å². The third-order valence-electron chi connectivity index (χ3n) is 4.39. The van der Waals surface area contributed by atoms with Crippen LogP contribution in [-0.4, -0.2) is 35.8 Å². The molecular formula is C21H23N3O4. The highest BCUT2D eigenvalue weighted by atomic mass is 16.5. The van der Waals surface area contributed by atoms with Crippen molar-refractivity contribution >= 4 is 23.8 Å². The van der Waals surface area contributed by atoms with E-state index in [0.717, 1.165) is 24.1 Å². The van der Waals surface area contributed by atoms with Gasteiger partial charge in [0.25, 0.3) is 5.91 Å². The Balaban J connectivity index is 1.63. The van der Waals surface area contributed by atoms with E-state index >= 15 is 0 Å². The molecular weight excluding hydrogens is 358 g/mol. The molecule has 1 atom stereocenters. The number of carboxylic acids is 1. The number of hydrogen-bond donors (Lipinski definition) is 3. The Kier molecular flexibility index (Phi) is 6.26. The first kappa shape index (κ1) is 19.4. The van der Waals surface area contributed by atoms with E-state index in [1.54, 1.807) is 30.5 Å². The number of aryl methyl sites for hydroxylation is 1. The smallest absolute Gasteiger partial charge is 0.307 e. The molecule has 0 aromatic heterocycles. The summed E-state index contributed by atoms with van der Waals surface area (Å²) >= 11 is 0. The lowest BCUT2D eigenvalue weighted by Gasteiger charge is -2.25. The molecule has 146 valence electrons. The first-order valence-electron chi connectivity index (χ1n) is 9.24. The average Bonchev–Trinajstić information content (AvgIpc) is 2.68. The predicted molar refractivity (Wildman–Crippen MR) is 107 cm³/mol. The van der Waals surface area contributed by atoms with Crippen LogP contribution in [0.5, 0.6) is 5.75 Å². The molecule has 0 aliphatic carbocycles. The quantitative estimate of drug-likeness (QED) is 0.506. The lowest BCUT2D eigenvalue weighted by molar-refractivity contribution is -0.139. The maximum atomic E-state index is 12.5. The standard InChI is InChI=1S/C21H23N3O4/c1-2-22-23-13-14-3-5-15(6-4-14)21(27)24-17-8-10-19-16(11-17)7-9-18(28-19)12-20(25)26/h3-6,8,10-11,13,18,22H,2,7,9,12H2,1H3,(H,24,27)(H,25,26). The Hall–Kier alpha value is -3.35. The maximum Gasteiger partial charge on any atom is 0.307 e. The number of fused-ring (bicyclic) bond motifs is 1. The van der Waals surface area contributed by atoms with Crippen LogP contribution in [0.4, 0.5) is 5.69 Å². The van der Waals surface area contributed by atoms with Crippen LogP contribution in [0, 0.1) is 0 Å². The van der Waals surface area contributed by atoms with Gasteiger partial charge in [-0.3, -0.25) is 9.59 Å². The highest BCUT2D eigenvalue weighted by Crippen LogP contribution is 2.31. The SMILES string of the molecule is CCNN=Cc1ccc(C(=O)Nc2ccc3c(c2)CCC(CC(=O)O)O3)cc1. The Morgan fingerprint density at radius 3 is 2.75 bits per heavy atom. The van der Waals surface area contributed by atoms with E-state index in [1.807, 2.05) is 25.1 Å². The summed E-state index contributed by atoms with van der Waals surface area (Å²) in [4.78, 5) is 23.3. The Morgan fingerprint density at radius 1 is 1.25 bits per heavy atom. The van der Waals surface area contributed by atoms with Crippen LogP contribution >= 0.6 is 0 Å². The van der Waals surface area contributed by atoms with E-state index < -0.39 is 5.97 Å². The molecule has 0 saturated heterocycles. The van der Waals surface area contributed by atoms with Crippen molar-refractivity contribution in [2.75, 3.05) is 11.9 Å². The largest absolute Gasteiger partial charge is 0.490 e. The first-order valence-corrected chi connectivity index (χ1v) is 9.24. The molecule has 0 bridgehead atoms. The molecule has 1 amide bonds. The van der Waals surface area contributed by atoms with Crippen LogP contribution in [0.2, 0.25) is 0 Å². The summed E-state index contributed by atoms with van der Waals surface area (Å²) in [7, 11) is 0.